The van der Waals surface area contributed by atoms with Gasteiger partial charge in [0.1, 0.15) is 4.90 Å². The van der Waals surface area contributed by atoms with Crippen LogP contribution in [0.4, 0.5) is 11.6 Å². The monoisotopic (exact) mass is 268 g/mol. The highest BCUT2D eigenvalue weighted by atomic mass is 32.2. The number of nitrogens with zero attached hydrogens (tertiary/aromatic N) is 3. The van der Waals surface area contributed by atoms with Gasteiger partial charge in [-0.25, -0.2) is 19.2 Å². The van der Waals surface area contributed by atoms with Gasteiger partial charge in [-0.05, 0) is 12.1 Å². The van der Waals surface area contributed by atoms with E-state index in [1.807, 2.05) is 0 Å². The summed E-state index contributed by atoms with van der Waals surface area (Å²) in [7, 11) is -2.08. The Hall–Kier alpha value is -2.13. The summed E-state index contributed by atoms with van der Waals surface area (Å²) in [5.74, 6) is 5.52. The van der Waals surface area contributed by atoms with Crippen LogP contribution in [0.2, 0.25) is 0 Å². The Bertz CT molecular complexity index is 651. The highest BCUT2D eigenvalue weighted by molar-refractivity contribution is 7.92. The molecule has 9 heteroatoms. The zero-order valence-electron chi connectivity index (χ0n) is 9.53. The van der Waals surface area contributed by atoms with Gasteiger partial charge in [0.25, 0.3) is 10.0 Å². The highest BCUT2D eigenvalue weighted by Gasteiger charge is 2.19. The van der Waals surface area contributed by atoms with E-state index in [0.717, 1.165) is 0 Å². The Morgan fingerprint density at radius 1 is 1.39 bits per heavy atom. The minimum absolute atomic E-state index is 0.0434. The van der Waals surface area contributed by atoms with Crippen molar-refractivity contribution in [2.24, 2.45) is 12.9 Å². The maximum atomic E-state index is 12.1. The zero-order chi connectivity index (χ0) is 13.2. The van der Waals surface area contributed by atoms with E-state index in [0.29, 0.717) is 0 Å². The molecule has 2 heterocycles. The predicted molar refractivity (Wildman–Crippen MR) is 66.1 cm³/mol. The van der Waals surface area contributed by atoms with Gasteiger partial charge in [-0.15, -0.1) is 0 Å². The number of rotatable bonds is 4. The fourth-order valence-electron chi connectivity index (χ4n) is 1.38. The maximum absolute atomic E-state index is 12.1. The number of aryl methyl sites for hydroxylation is 1. The summed E-state index contributed by atoms with van der Waals surface area (Å²) >= 11 is 0. The Labute approximate surface area is 104 Å². The molecule has 0 aliphatic carbocycles. The van der Waals surface area contributed by atoms with E-state index < -0.39 is 10.0 Å². The normalized spacial score (nSPS) is 11.2. The number of hydrogen-bond donors (Lipinski definition) is 3. The van der Waals surface area contributed by atoms with Crippen LogP contribution >= 0.6 is 0 Å². The van der Waals surface area contributed by atoms with E-state index in [2.05, 4.69) is 20.2 Å². The third-order valence-corrected chi connectivity index (χ3v) is 3.54. The molecule has 4 N–H and O–H groups in total. The molecule has 2 aromatic rings. The van der Waals surface area contributed by atoms with Crippen LogP contribution in [-0.4, -0.2) is 23.2 Å². The first kappa shape index (κ1) is 12.3. The van der Waals surface area contributed by atoms with Crippen molar-refractivity contribution in [3.63, 3.8) is 0 Å². The van der Waals surface area contributed by atoms with E-state index in [9.17, 15) is 8.42 Å². The molecule has 0 spiro atoms. The lowest BCUT2D eigenvalue weighted by Crippen LogP contribution is -2.18. The van der Waals surface area contributed by atoms with E-state index in [1.165, 1.54) is 23.0 Å². The topological polar surface area (TPSA) is 115 Å². The van der Waals surface area contributed by atoms with Gasteiger partial charge in [0.2, 0.25) is 0 Å². The highest BCUT2D eigenvalue weighted by Crippen LogP contribution is 2.19. The standard InChI is InChI=1S/C9H12N6O2S/c1-15-6-4-8(13-15)14-18(16,17)7-3-2-5-11-9(7)12-10/h2-6H,10H2,1H3,(H,11,12)(H,13,14). The van der Waals surface area contributed by atoms with Crippen LogP contribution in [0.5, 0.6) is 0 Å². The van der Waals surface area contributed by atoms with Crippen LogP contribution < -0.4 is 16.0 Å². The van der Waals surface area contributed by atoms with Crippen LogP contribution in [0.1, 0.15) is 0 Å². The molecule has 96 valence electrons. The van der Waals surface area contributed by atoms with Crippen molar-refractivity contribution in [3.05, 3.63) is 30.6 Å². The molecule has 0 atom stereocenters. The number of aromatic nitrogens is 3. The molecule has 0 aromatic carbocycles. The molecule has 2 aromatic heterocycles. The Balaban J connectivity index is 2.36. The van der Waals surface area contributed by atoms with E-state index >= 15 is 0 Å². The third-order valence-electron chi connectivity index (χ3n) is 2.15. The van der Waals surface area contributed by atoms with Crippen LogP contribution in [0.15, 0.2) is 35.5 Å². The Kier molecular flexibility index (Phi) is 3.17. The molecule has 0 aliphatic rings. The molecule has 18 heavy (non-hydrogen) atoms. The molecule has 2 rings (SSSR count). The van der Waals surface area contributed by atoms with Gasteiger partial charge in [-0.1, -0.05) is 0 Å². The number of nitrogens with two attached hydrogens (primary N) is 1. The zero-order valence-corrected chi connectivity index (χ0v) is 10.3. The minimum atomic E-state index is -3.77. The number of nitrogen functional groups attached to an aromatic ring is 1. The second-order valence-electron chi connectivity index (χ2n) is 3.47. The molecule has 0 saturated heterocycles. The second kappa shape index (κ2) is 4.63. The molecular formula is C9H12N6O2S. The molecule has 0 aliphatic heterocycles. The first-order valence-corrected chi connectivity index (χ1v) is 6.45. The summed E-state index contributed by atoms with van der Waals surface area (Å²) in [5.41, 5.74) is 2.24. The van der Waals surface area contributed by atoms with Gasteiger partial charge in [-0.3, -0.25) is 9.40 Å². The van der Waals surface area contributed by atoms with Gasteiger partial charge < -0.3 is 5.43 Å². The molecule has 0 fully saturated rings. The van der Waals surface area contributed by atoms with Gasteiger partial charge in [0.05, 0.1) is 0 Å². The van der Waals surface area contributed by atoms with E-state index in [4.69, 9.17) is 5.84 Å². The summed E-state index contributed by atoms with van der Waals surface area (Å²) in [6.07, 6.45) is 3.07. The van der Waals surface area contributed by atoms with Crippen molar-refractivity contribution in [3.8, 4) is 0 Å². The van der Waals surface area contributed by atoms with Crippen molar-refractivity contribution in [2.75, 3.05) is 10.1 Å². The number of pyridine rings is 1. The van der Waals surface area contributed by atoms with Crippen LogP contribution in [-0.2, 0) is 17.1 Å². The molecule has 0 bridgehead atoms. The molecule has 0 saturated carbocycles. The van der Waals surface area contributed by atoms with Crippen molar-refractivity contribution in [2.45, 2.75) is 4.90 Å². The van der Waals surface area contributed by atoms with Gasteiger partial charge in [0.15, 0.2) is 11.6 Å². The average Bonchev–Trinajstić information content (AvgIpc) is 2.74. The summed E-state index contributed by atoms with van der Waals surface area (Å²) < 4.78 is 28.0. The van der Waals surface area contributed by atoms with Gasteiger partial charge in [0, 0.05) is 25.5 Å². The summed E-state index contributed by atoms with van der Waals surface area (Å²) in [6.45, 7) is 0. The Morgan fingerprint density at radius 2 is 2.17 bits per heavy atom. The summed E-state index contributed by atoms with van der Waals surface area (Å²) in [5, 5.41) is 3.93. The lowest BCUT2D eigenvalue weighted by atomic mass is 10.5. The van der Waals surface area contributed by atoms with Crippen LogP contribution in [0, 0.1) is 0 Å². The Morgan fingerprint density at radius 3 is 2.78 bits per heavy atom. The number of anilines is 2. The largest absolute Gasteiger partial charge is 0.307 e. The minimum Gasteiger partial charge on any atom is -0.307 e. The first-order chi connectivity index (χ1) is 8.53. The second-order valence-corrected chi connectivity index (χ2v) is 5.13. The van der Waals surface area contributed by atoms with Crippen molar-refractivity contribution < 1.29 is 8.42 Å². The summed E-state index contributed by atoms with van der Waals surface area (Å²) in [4.78, 5) is 3.79. The lowest BCUT2D eigenvalue weighted by molar-refractivity contribution is 0.600. The number of hydrazine groups is 1. The SMILES string of the molecule is Cn1ccc(NS(=O)(=O)c2cccnc2NN)n1. The van der Waals surface area contributed by atoms with Crippen molar-refractivity contribution in [1.29, 1.82) is 0 Å². The van der Waals surface area contributed by atoms with Crippen LogP contribution in [0.25, 0.3) is 0 Å². The fraction of sp³-hybridized carbons (Fsp3) is 0.111. The number of nitrogens with one attached hydrogen (secondary N) is 2. The average molecular weight is 268 g/mol. The van der Waals surface area contributed by atoms with Gasteiger partial charge >= 0.3 is 0 Å². The van der Waals surface area contributed by atoms with Crippen molar-refractivity contribution in [1.82, 2.24) is 14.8 Å². The smallest absolute Gasteiger partial charge is 0.266 e. The predicted octanol–water partition coefficient (Wildman–Crippen LogP) is -0.0985. The molecule has 0 unspecified atom stereocenters. The quantitative estimate of drug-likeness (QED) is 0.527. The van der Waals surface area contributed by atoms with Crippen molar-refractivity contribution >= 4 is 21.7 Å². The van der Waals surface area contributed by atoms with Crippen LogP contribution in [0.3, 0.4) is 0 Å². The lowest BCUT2D eigenvalue weighted by Gasteiger charge is -2.08. The number of hydrogen-bond acceptors (Lipinski definition) is 6. The van der Waals surface area contributed by atoms with Gasteiger partial charge in [-0.2, -0.15) is 5.10 Å². The molecular weight excluding hydrogens is 256 g/mol. The van der Waals surface area contributed by atoms with E-state index in [1.54, 1.807) is 19.3 Å². The van der Waals surface area contributed by atoms with E-state index in [-0.39, 0.29) is 16.5 Å². The molecule has 8 nitrogen and oxygen atoms in total. The molecule has 0 radical (unpaired) electrons. The molecule has 0 amide bonds. The summed E-state index contributed by atoms with van der Waals surface area (Å²) in [6, 6.07) is 4.45. The first-order valence-electron chi connectivity index (χ1n) is 4.97. The number of sulfonamides is 1. The third kappa shape index (κ3) is 2.41. The maximum Gasteiger partial charge on any atom is 0.266 e. The fourth-order valence-corrected chi connectivity index (χ4v) is 2.50.